The Labute approximate surface area is 104 Å². The number of pyridine rings is 1. The standard InChI is InChI=1S/C13H13BrN2/c1-10-4-2-3-5-13(10)16-8-11-6-7-15-9-12(11)14/h2-7,9,16H,8H2,1H3. The first-order chi connectivity index (χ1) is 7.77. The van der Waals surface area contributed by atoms with Crippen molar-refractivity contribution in [1.82, 2.24) is 4.98 Å². The van der Waals surface area contributed by atoms with Crippen LogP contribution in [-0.2, 0) is 6.54 Å². The highest BCUT2D eigenvalue weighted by Gasteiger charge is 2.00. The van der Waals surface area contributed by atoms with Crippen LogP contribution in [0.25, 0.3) is 0 Å². The summed E-state index contributed by atoms with van der Waals surface area (Å²) in [5, 5.41) is 3.41. The zero-order chi connectivity index (χ0) is 11.4. The number of hydrogen-bond acceptors (Lipinski definition) is 2. The highest BCUT2D eigenvalue weighted by atomic mass is 79.9. The second-order valence-electron chi connectivity index (χ2n) is 3.64. The number of aryl methyl sites for hydroxylation is 1. The highest BCUT2D eigenvalue weighted by Crippen LogP contribution is 2.18. The predicted octanol–water partition coefficient (Wildman–Crippen LogP) is 3.76. The summed E-state index contributed by atoms with van der Waals surface area (Å²) in [7, 11) is 0. The summed E-state index contributed by atoms with van der Waals surface area (Å²) < 4.78 is 1.04. The van der Waals surface area contributed by atoms with Gasteiger partial charge in [0.25, 0.3) is 0 Å². The van der Waals surface area contributed by atoms with Crippen LogP contribution in [-0.4, -0.2) is 4.98 Å². The van der Waals surface area contributed by atoms with Crippen LogP contribution in [0.15, 0.2) is 47.2 Å². The van der Waals surface area contributed by atoms with E-state index in [2.05, 4.69) is 45.3 Å². The summed E-state index contributed by atoms with van der Waals surface area (Å²) in [6, 6.07) is 10.3. The maximum Gasteiger partial charge on any atom is 0.0413 e. The molecule has 82 valence electrons. The summed E-state index contributed by atoms with van der Waals surface area (Å²) in [5.74, 6) is 0. The van der Waals surface area contributed by atoms with E-state index in [1.54, 1.807) is 6.20 Å². The molecule has 0 spiro atoms. The molecule has 3 heteroatoms. The molecule has 2 nitrogen and oxygen atoms in total. The molecular formula is C13H13BrN2. The number of hydrogen-bond donors (Lipinski definition) is 1. The Hall–Kier alpha value is -1.35. The van der Waals surface area contributed by atoms with Gasteiger partial charge in [-0.25, -0.2) is 0 Å². The molecular weight excluding hydrogens is 264 g/mol. The molecule has 1 heterocycles. The molecule has 0 aliphatic heterocycles. The third-order valence-electron chi connectivity index (χ3n) is 2.47. The maximum atomic E-state index is 4.04. The van der Waals surface area contributed by atoms with Crippen LogP contribution in [0.2, 0.25) is 0 Å². The van der Waals surface area contributed by atoms with Crippen molar-refractivity contribution in [3.05, 3.63) is 58.3 Å². The SMILES string of the molecule is Cc1ccccc1NCc1ccncc1Br. The number of rotatable bonds is 3. The molecule has 1 aromatic carbocycles. The van der Waals surface area contributed by atoms with E-state index in [1.807, 2.05) is 24.4 Å². The van der Waals surface area contributed by atoms with Gasteiger partial charge in [-0.15, -0.1) is 0 Å². The van der Waals surface area contributed by atoms with Crippen molar-refractivity contribution in [2.75, 3.05) is 5.32 Å². The van der Waals surface area contributed by atoms with E-state index in [9.17, 15) is 0 Å². The normalized spacial score (nSPS) is 10.1. The quantitative estimate of drug-likeness (QED) is 0.923. The lowest BCUT2D eigenvalue weighted by Crippen LogP contribution is -2.01. The van der Waals surface area contributed by atoms with Gasteiger partial charge in [0.05, 0.1) is 0 Å². The molecule has 2 rings (SSSR count). The van der Waals surface area contributed by atoms with Gasteiger partial charge >= 0.3 is 0 Å². The summed E-state index contributed by atoms with van der Waals surface area (Å²) in [6.45, 7) is 2.90. The predicted molar refractivity (Wildman–Crippen MR) is 70.4 cm³/mol. The smallest absolute Gasteiger partial charge is 0.0413 e. The average molecular weight is 277 g/mol. The van der Waals surface area contributed by atoms with Crippen molar-refractivity contribution in [2.24, 2.45) is 0 Å². The van der Waals surface area contributed by atoms with Crippen molar-refractivity contribution < 1.29 is 0 Å². The topological polar surface area (TPSA) is 24.9 Å². The number of benzene rings is 1. The van der Waals surface area contributed by atoms with Crippen LogP contribution >= 0.6 is 15.9 Å². The van der Waals surface area contributed by atoms with Crippen molar-refractivity contribution in [3.8, 4) is 0 Å². The molecule has 0 bridgehead atoms. The van der Waals surface area contributed by atoms with E-state index in [-0.39, 0.29) is 0 Å². The Morgan fingerprint density at radius 3 is 2.81 bits per heavy atom. The van der Waals surface area contributed by atoms with Crippen LogP contribution in [0.3, 0.4) is 0 Å². The molecule has 1 N–H and O–H groups in total. The first-order valence-corrected chi connectivity index (χ1v) is 5.94. The Kier molecular flexibility index (Phi) is 3.57. The Bertz CT molecular complexity index is 437. The Balaban J connectivity index is 2.09. The lowest BCUT2D eigenvalue weighted by atomic mass is 10.2. The molecule has 0 atom stereocenters. The van der Waals surface area contributed by atoms with Crippen molar-refractivity contribution in [1.29, 1.82) is 0 Å². The fourth-order valence-corrected chi connectivity index (χ4v) is 1.90. The van der Waals surface area contributed by atoms with Crippen LogP contribution < -0.4 is 5.32 Å². The van der Waals surface area contributed by atoms with E-state index in [1.165, 1.54) is 16.8 Å². The molecule has 0 amide bonds. The summed E-state index contributed by atoms with van der Waals surface area (Å²) in [5.41, 5.74) is 3.64. The number of halogens is 1. The minimum Gasteiger partial charge on any atom is -0.381 e. The van der Waals surface area contributed by atoms with Crippen LogP contribution in [0.5, 0.6) is 0 Å². The number of nitrogens with zero attached hydrogens (tertiary/aromatic N) is 1. The maximum absolute atomic E-state index is 4.04. The average Bonchev–Trinajstić information content (AvgIpc) is 2.30. The summed E-state index contributed by atoms with van der Waals surface area (Å²) >= 11 is 3.49. The van der Waals surface area contributed by atoms with E-state index in [4.69, 9.17) is 0 Å². The Morgan fingerprint density at radius 2 is 2.06 bits per heavy atom. The van der Waals surface area contributed by atoms with Gasteiger partial charge in [0.15, 0.2) is 0 Å². The van der Waals surface area contributed by atoms with Crippen molar-refractivity contribution in [2.45, 2.75) is 13.5 Å². The molecule has 1 aromatic heterocycles. The summed E-state index contributed by atoms with van der Waals surface area (Å²) in [6.07, 6.45) is 3.62. The molecule has 0 aliphatic rings. The van der Waals surface area contributed by atoms with Gasteiger partial charge in [-0.3, -0.25) is 4.98 Å². The lowest BCUT2D eigenvalue weighted by molar-refractivity contribution is 1.11. The van der Waals surface area contributed by atoms with Gasteiger partial charge in [-0.1, -0.05) is 18.2 Å². The molecule has 2 aromatic rings. The van der Waals surface area contributed by atoms with Crippen LogP contribution in [0, 0.1) is 6.92 Å². The van der Waals surface area contributed by atoms with Gasteiger partial charge in [-0.05, 0) is 46.1 Å². The highest BCUT2D eigenvalue weighted by molar-refractivity contribution is 9.10. The molecule has 0 unspecified atom stereocenters. The van der Waals surface area contributed by atoms with Crippen LogP contribution in [0.4, 0.5) is 5.69 Å². The molecule has 0 fully saturated rings. The van der Waals surface area contributed by atoms with E-state index >= 15 is 0 Å². The van der Waals surface area contributed by atoms with Gasteiger partial charge in [0, 0.05) is 29.1 Å². The zero-order valence-corrected chi connectivity index (χ0v) is 10.7. The fraction of sp³-hybridized carbons (Fsp3) is 0.154. The third kappa shape index (κ3) is 2.61. The van der Waals surface area contributed by atoms with Crippen molar-refractivity contribution in [3.63, 3.8) is 0 Å². The minimum absolute atomic E-state index is 0.800. The van der Waals surface area contributed by atoms with E-state index in [0.717, 1.165) is 11.0 Å². The molecule has 0 radical (unpaired) electrons. The van der Waals surface area contributed by atoms with Gasteiger partial charge in [0.1, 0.15) is 0 Å². The largest absolute Gasteiger partial charge is 0.381 e. The number of aromatic nitrogens is 1. The van der Waals surface area contributed by atoms with Gasteiger partial charge < -0.3 is 5.32 Å². The van der Waals surface area contributed by atoms with Gasteiger partial charge in [0.2, 0.25) is 0 Å². The molecule has 0 aliphatic carbocycles. The van der Waals surface area contributed by atoms with Gasteiger partial charge in [-0.2, -0.15) is 0 Å². The first-order valence-electron chi connectivity index (χ1n) is 5.15. The number of nitrogens with one attached hydrogen (secondary N) is 1. The first kappa shape index (κ1) is 11.1. The van der Waals surface area contributed by atoms with E-state index in [0.29, 0.717) is 0 Å². The molecule has 0 saturated heterocycles. The Morgan fingerprint density at radius 1 is 1.25 bits per heavy atom. The molecule has 16 heavy (non-hydrogen) atoms. The number of para-hydroxylation sites is 1. The molecule has 0 saturated carbocycles. The fourth-order valence-electron chi connectivity index (χ4n) is 1.51. The summed E-state index contributed by atoms with van der Waals surface area (Å²) in [4.78, 5) is 4.04. The zero-order valence-electron chi connectivity index (χ0n) is 9.07. The van der Waals surface area contributed by atoms with Crippen molar-refractivity contribution >= 4 is 21.6 Å². The van der Waals surface area contributed by atoms with E-state index < -0.39 is 0 Å². The third-order valence-corrected chi connectivity index (χ3v) is 3.18. The second kappa shape index (κ2) is 5.12. The van der Waals surface area contributed by atoms with Crippen LogP contribution in [0.1, 0.15) is 11.1 Å². The minimum atomic E-state index is 0.800. The number of anilines is 1. The monoisotopic (exact) mass is 276 g/mol. The lowest BCUT2D eigenvalue weighted by Gasteiger charge is -2.10. The second-order valence-corrected chi connectivity index (χ2v) is 4.49.